The predicted octanol–water partition coefficient (Wildman–Crippen LogP) is 4.95. The molecule has 164 valence electrons. The first-order chi connectivity index (χ1) is 15.5. The summed E-state index contributed by atoms with van der Waals surface area (Å²) in [6, 6.07) is 17.6. The van der Waals surface area contributed by atoms with Gasteiger partial charge in [0, 0.05) is 45.3 Å². The number of rotatable bonds is 4. The Hall–Kier alpha value is -3.54. The fourth-order valence-corrected chi connectivity index (χ4v) is 4.66. The Bertz CT molecular complexity index is 1170. The minimum absolute atomic E-state index is 0.0692. The van der Waals surface area contributed by atoms with E-state index in [-0.39, 0.29) is 6.04 Å². The van der Waals surface area contributed by atoms with E-state index >= 15 is 0 Å². The molecular weight excluding hydrogens is 396 g/mol. The van der Waals surface area contributed by atoms with Crippen molar-refractivity contribution in [2.45, 2.75) is 25.3 Å². The second-order valence-corrected chi connectivity index (χ2v) is 8.95. The van der Waals surface area contributed by atoms with Crippen LogP contribution in [-0.2, 0) is 0 Å². The molecule has 5 rings (SSSR count). The Morgan fingerprint density at radius 3 is 2.22 bits per heavy atom. The number of benzene rings is 2. The summed E-state index contributed by atoms with van der Waals surface area (Å²) in [5.74, 6) is 0.807. The lowest BCUT2D eigenvalue weighted by Gasteiger charge is -2.34. The van der Waals surface area contributed by atoms with Gasteiger partial charge in [-0.2, -0.15) is 10.1 Å². The maximum absolute atomic E-state index is 4.57. The van der Waals surface area contributed by atoms with Crippen LogP contribution in [0.3, 0.4) is 0 Å². The van der Waals surface area contributed by atoms with Gasteiger partial charge in [-0.3, -0.25) is 0 Å². The van der Waals surface area contributed by atoms with E-state index in [0.717, 1.165) is 25.2 Å². The van der Waals surface area contributed by atoms with Crippen LogP contribution in [0.15, 0.2) is 71.7 Å². The number of aromatic nitrogens is 3. The molecule has 0 saturated carbocycles. The smallest absolute Gasteiger partial charge is 0.226 e. The average Bonchev–Trinajstić information content (AvgIpc) is 3.26. The molecular formula is C26H30N6. The minimum atomic E-state index is 0.0692. The number of nitrogens with one attached hydrogen (secondary N) is 1. The van der Waals surface area contributed by atoms with Gasteiger partial charge in [-0.05, 0) is 71.9 Å². The van der Waals surface area contributed by atoms with Gasteiger partial charge in [0.1, 0.15) is 12.4 Å². The molecule has 1 atom stereocenters. The fraction of sp³-hybridized carbons (Fsp3) is 0.308. The molecule has 2 aromatic carbocycles. The van der Waals surface area contributed by atoms with Crippen LogP contribution in [0.2, 0.25) is 0 Å². The van der Waals surface area contributed by atoms with E-state index in [2.05, 4.69) is 108 Å². The number of anilines is 3. The topological polar surface area (TPSA) is 49.2 Å². The molecule has 6 heteroatoms. The maximum Gasteiger partial charge on any atom is 0.226 e. The molecule has 2 heterocycles. The van der Waals surface area contributed by atoms with E-state index in [1.165, 1.54) is 39.3 Å². The van der Waals surface area contributed by atoms with Gasteiger partial charge in [0.05, 0.1) is 0 Å². The zero-order valence-electron chi connectivity index (χ0n) is 19.2. The Labute approximate surface area is 189 Å². The Balaban J connectivity index is 1.56. The van der Waals surface area contributed by atoms with Gasteiger partial charge in [-0.25, -0.2) is 4.68 Å². The molecule has 1 N–H and O–H groups in total. The molecule has 0 saturated heterocycles. The third kappa shape index (κ3) is 3.66. The summed E-state index contributed by atoms with van der Waals surface area (Å²) in [4.78, 5) is 8.76. The van der Waals surface area contributed by atoms with E-state index < -0.39 is 0 Å². The van der Waals surface area contributed by atoms with Crippen LogP contribution in [-0.4, -0.2) is 43.0 Å². The van der Waals surface area contributed by atoms with E-state index in [0.29, 0.717) is 0 Å². The Morgan fingerprint density at radius 1 is 0.906 bits per heavy atom. The molecule has 1 aliphatic carbocycles. The van der Waals surface area contributed by atoms with Crippen molar-refractivity contribution < 1.29 is 0 Å². The van der Waals surface area contributed by atoms with Crippen molar-refractivity contribution >= 4 is 23.4 Å². The molecule has 1 aromatic heterocycles. The molecule has 6 nitrogen and oxygen atoms in total. The second kappa shape index (κ2) is 8.19. The van der Waals surface area contributed by atoms with Crippen LogP contribution in [0.4, 0.5) is 17.3 Å². The molecule has 0 radical (unpaired) electrons. The lowest BCUT2D eigenvalue weighted by atomic mass is 9.83. The molecule has 0 spiro atoms. The van der Waals surface area contributed by atoms with Gasteiger partial charge in [-0.15, -0.1) is 0 Å². The standard InChI is InChI=1S/C26H30N6/c1-30(2)21-12-8-18(9-13-21)16-20-6-5-7-23-24(20)29-26-27-17-28-32(26)25(23)19-10-14-22(15-11-19)31(3)4/h8-17,25H,5-7H2,1-4H3,(H,27,28,29)/b20-16-. The molecule has 32 heavy (non-hydrogen) atoms. The van der Waals surface area contributed by atoms with Crippen molar-refractivity contribution in [3.05, 3.63) is 82.8 Å². The van der Waals surface area contributed by atoms with Gasteiger partial charge >= 0.3 is 0 Å². The van der Waals surface area contributed by atoms with Gasteiger partial charge in [0.2, 0.25) is 5.95 Å². The number of nitrogens with zero attached hydrogens (tertiary/aromatic N) is 5. The van der Waals surface area contributed by atoms with Crippen LogP contribution >= 0.6 is 0 Å². The van der Waals surface area contributed by atoms with Crippen molar-refractivity contribution in [1.82, 2.24) is 14.8 Å². The number of fused-ring (bicyclic) bond motifs is 1. The van der Waals surface area contributed by atoms with Gasteiger partial charge in [-0.1, -0.05) is 24.3 Å². The van der Waals surface area contributed by atoms with E-state index in [1.807, 2.05) is 4.68 Å². The van der Waals surface area contributed by atoms with Gasteiger partial charge in [0.15, 0.2) is 0 Å². The van der Waals surface area contributed by atoms with E-state index in [9.17, 15) is 0 Å². The summed E-state index contributed by atoms with van der Waals surface area (Å²) in [7, 11) is 8.27. The van der Waals surface area contributed by atoms with Crippen molar-refractivity contribution in [3.63, 3.8) is 0 Å². The fourth-order valence-electron chi connectivity index (χ4n) is 4.66. The summed E-state index contributed by atoms with van der Waals surface area (Å²) in [5, 5.41) is 8.17. The highest BCUT2D eigenvalue weighted by Gasteiger charge is 2.33. The zero-order valence-corrected chi connectivity index (χ0v) is 19.2. The van der Waals surface area contributed by atoms with E-state index in [4.69, 9.17) is 0 Å². The molecule has 1 unspecified atom stereocenters. The largest absolute Gasteiger partial charge is 0.378 e. The van der Waals surface area contributed by atoms with Gasteiger partial charge in [0.25, 0.3) is 0 Å². The first-order valence-electron chi connectivity index (χ1n) is 11.2. The molecule has 1 aliphatic heterocycles. The molecule has 2 aliphatic rings. The number of hydrogen-bond acceptors (Lipinski definition) is 5. The quantitative estimate of drug-likeness (QED) is 0.640. The zero-order chi connectivity index (χ0) is 22.2. The van der Waals surface area contributed by atoms with Crippen molar-refractivity contribution in [1.29, 1.82) is 0 Å². The maximum atomic E-state index is 4.57. The highest BCUT2D eigenvalue weighted by Crippen LogP contribution is 2.43. The third-order valence-corrected chi connectivity index (χ3v) is 6.39. The number of hydrogen-bond donors (Lipinski definition) is 1. The molecule has 3 aromatic rings. The molecule has 0 bridgehead atoms. The average molecular weight is 427 g/mol. The highest BCUT2D eigenvalue weighted by atomic mass is 15.4. The van der Waals surface area contributed by atoms with Crippen molar-refractivity contribution in [3.8, 4) is 0 Å². The van der Waals surface area contributed by atoms with Crippen LogP contribution in [0.5, 0.6) is 0 Å². The summed E-state index contributed by atoms with van der Waals surface area (Å²) in [6.07, 6.45) is 7.21. The predicted molar refractivity (Wildman–Crippen MR) is 132 cm³/mol. The highest BCUT2D eigenvalue weighted by molar-refractivity contribution is 5.67. The summed E-state index contributed by atoms with van der Waals surface area (Å²) in [5.41, 5.74) is 8.82. The Morgan fingerprint density at radius 2 is 1.56 bits per heavy atom. The molecule has 0 fully saturated rings. The normalized spacial score (nSPS) is 18.8. The van der Waals surface area contributed by atoms with E-state index in [1.54, 1.807) is 6.33 Å². The minimum Gasteiger partial charge on any atom is -0.378 e. The molecule has 0 amide bonds. The monoisotopic (exact) mass is 426 g/mol. The summed E-state index contributed by atoms with van der Waals surface area (Å²) < 4.78 is 2.03. The third-order valence-electron chi connectivity index (χ3n) is 6.39. The van der Waals surface area contributed by atoms with Crippen LogP contribution in [0, 0.1) is 0 Å². The van der Waals surface area contributed by atoms with Gasteiger partial charge < -0.3 is 15.1 Å². The lowest BCUT2D eigenvalue weighted by molar-refractivity contribution is 0.538. The second-order valence-electron chi connectivity index (χ2n) is 8.95. The van der Waals surface area contributed by atoms with Crippen LogP contribution in [0.1, 0.15) is 36.4 Å². The van der Waals surface area contributed by atoms with Crippen molar-refractivity contribution in [2.24, 2.45) is 0 Å². The van der Waals surface area contributed by atoms with Crippen LogP contribution < -0.4 is 15.1 Å². The van der Waals surface area contributed by atoms with Crippen molar-refractivity contribution in [2.75, 3.05) is 43.3 Å². The van der Waals surface area contributed by atoms with Crippen LogP contribution in [0.25, 0.3) is 6.08 Å². The SMILES string of the molecule is CN(C)c1ccc(/C=C2/CCCC3=C2Nc2ncnn2C3c2ccc(N(C)C)cc2)cc1. The first kappa shape index (κ1) is 20.4. The first-order valence-corrected chi connectivity index (χ1v) is 11.2. The summed E-state index contributed by atoms with van der Waals surface area (Å²) in [6.45, 7) is 0. The lowest BCUT2D eigenvalue weighted by Crippen LogP contribution is -2.28. The number of allylic oxidation sites excluding steroid dienone is 2. The Kier molecular flexibility index (Phi) is 5.21. The summed E-state index contributed by atoms with van der Waals surface area (Å²) >= 11 is 0.